The van der Waals surface area contributed by atoms with Gasteiger partial charge in [0.25, 0.3) is 10.0 Å². The molecule has 30 heavy (non-hydrogen) atoms. The van der Waals surface area contributed by atoms with Crippen molar-refractivity contribution in [3.05, 3.63) is 45.9 Å². The van der Waals surface area contributed by atoms with Gasteiger partial charge in [0.1, 0.15) is 12.3 Å². The van der Waals surface area contributed by atoms with E-state index in [0.29, 0.717) is 23.8 Å². The van der Waals surface area contributed by atoms with Crippen LogP contribution in [0.4, 0.5) is 5.69 Å². The van der Waals surface area contributed by atoms with Crippen LogP contribution in [0.5, 0.6) is 11.5 Å². The summed E-state index contributed by atoms with van der Waals surface area (Å²) in [6, 6.07) is 7.38. The average Bonchev–Trinajstić information content (AvgIpc) is 3.16. The largest absolute Gasteiger partial charge is 0.493 e. The van der Waals surface area contributed by atoms with Crippen molar-refractivity contribution in [1.29, 1.82) is 0 Å². The Morgan fingerprint density at radius 3 is 2.33 bits per heavy atom. The Labute approximate surface area is 186 Å². The van der Waals surface area contributed by atoms with E-state index in [4.69, 9.17) is 37.4 Å². The van der Waals surface area contributed by atoms with Gasteiger partial charge in [-0.3, -0.25) is 4.72 Å². The summed E-state index contributed by atoms with van der Waals surface area (Å²) in [7, 11) is -1.18. The topological polar surface area (TPSA) is 86.2 Å². The van der Waals surface area contributed by atoms with E-state index >= 15 is 0 Å². The van der Waals surface area contributed by atoms with Crippen LogP contribution < -0.4 is 14.2 Å². The molecule has 0 amide bonds. The van der Waals surface area contributed by atoms with Crippen LogP contribution in [0.25, 0.3) is 0 Å². The first-order valence-electron chi connectivity index (χ1n) is 9.11. The molecule has 0 radical (unpaired) electrons. The highest BCUT2D eigenvalue weighted by molar-refractivity contribution is 7.92. The Kier molecular flexibility index (Phi) is 6.69. The average molecular weight is 473 g/mol. The lowest BCUT2D eigenvalue weighted by Gasteiger charge is -2.18. The molecule has 7 nitrogen and oxygen atoms in total. The zero-order valence-electron chi connectivity index (χ0n) is 16.9. The van der Waals surface area contributed by atoms with Crippen molar-refractivity contribution in [2.75, 3.05) is 25.5 Å². The van der Waals surface area contributed by atoms with E-state index in [1.807, 2.05) is 13.8 Å². The molecule has 1 unspecified atom stereocenters. The van der Waals surface area contributed by atoms with Crippen molar-refractivity contribution in [2.24, 2.45) is 10.9 Å². The van der Waals surface area contributed by atoms with Crippen LogP contribution >= 0.6 is 23.2 Å². The van der Waals surface area contributed by atoms with Gasteiger partial charge in [-0.25, -0.2) is 13.4 Å². The van der Waals surface area contributed by atoms with Crippen LogP contribution in [0.15, 0.2) is 40.2 Å². The number of nitrogens with zero attached hydrogens (tertiary/aromatic N) is 1. The van der Waals surface area contributed by atoms with Gasteiger partial charge in [-0.15, -0.1) is 0 Å². The SMILES string of the molecule is COc1ccc(C2=NC(C(C)C)CO2)c(NS(=O)(=O)c2cc(Cl)cc(Cl)c2)c1OC. The molecule has 10 heteroatoms. The van der Waals surface area contributed by atoms with Crippen molar-refractivity contribution in [1.82, 2.24) is 0 Å². The molecule has 162 valence electrons. The highest BCUT2D eigenvalue weighted by Gasteiger charge is 2.29. The lowest BCUT2D eigenvalue weighted by molar-refractivity contribution is 0.291. The number of sulfonamides is 1. The number of methoxy groups -OCH3 is 2. The molecular formula is C20H22Cl2N2O5S. The minimum Gasteiger partial charge on any atom is -0.493 e. The molecule has 1 N–H and O–H groups in total. The molecule has 2 aromatic rings. The van der Waals surface area contributed by atoms with Crippen molar-refractivity contribution in [2.45, 2.75) is 24.8 Å². The maximum atomic E-state index is 13.1. The third kappa shape index (κ3) is 4.61. The summed E-state index contributed by atoms with van der Waals surface area (Å²) < 4.78 is 45.3. The van der Waals surface area contributed by atoms with Crippen LogP contribution in [-0.2, 0) is 14.8 Å². The van der Waals surface area contributed by atoms with Gasteiger partial charge in [0.2, 0.25) is 5.90 Å². The van der Waals surface area contributed by atoms with Crippen molar-refractivity contribution in [3.63, 3.8) is 0 Å². The Bertz CT molecular complexity index is 1070. The fourth-order valence-electron chi connectivity index (χ4n) is 2.96. The van der Waals surface area contributed by atoms with Crippen LogP contribution in [0.1, 0.15) is 19.4 Å². The second-order valence-electron chi connectivity index (χ2n) is 6.99. The van der Waals surface area contributed by atoms with Gasteiger partial charge in [-0.2, -0.15) is 0 Å². The summed E-state index contributed by atoms with van der Waals surface area (Å²) in [5.74, 6) is 1.15. The normalized spacial score (nSPS) is 16.2. The molecule has 1 heterocycles. The predicted octanol–water partition coefficient (Wildman–Crippen LogP) is 4.61. The van der Waals surface area contributed by atoms with Gasteiger partial charge in [-0.1, -0.05) is 37.0 Å². The van der Waals surface area contributed by atoms with Gasteiger partial charge < -0.3 is 14.2 Å². The summed E-state index contributed by atoms with van der Waals surface area (Å²) in [5.41, 5.74) is 0.587. The third-order valence-corrected chi connectivity index (χ3v) is 6.37. The van der Waals surface area contributed by atoms with Gasteiger partial charge in [0.15, 0.2) is 11.5 Å². The minimum atomic E-state index is -4.06. The van der Waals surface area contributed by atoms with Crippen molar-refractivity contribution < 1.29 is 22.6 Å². The predicted molar refractivity (Wildman–Crippen MR) is 118 cm³/mol. The van der Waals surface area contributed by atoms with E-state index in [0.717, 1.165) is 0 Å². The summed E-state index contributed by atoms with van der Waals surface area (Å²) in [6.45, 7) is 4.50. The van der Waals surface area contributed by atoms with Crippen molar-refractivity contribution >= 4 is 44.8 Å². The maximum absolute atomic E-state index is 13.1. The fourth-order valence-corrected chi connectivity index (χ4v) is 4.77. The van der Waals surface area contributed by atoms with Gasteiger partial charge >= 0.3 is 0 Å². The van der Waals surface area contributed by atoms with Crippen LogP contribution in [0.2, 0.25) is 10.0 Å². The molecule has 0 aliphatic carbocycles. The number of ether oxygens (including phenoxy) is 3. The standard InChI is InChI=1S/C20H22Cl2N2O5S/c1-11(2)16-10-29-20(23-16)15-5-6-17(27-3)19(28-4)18(15)24-30(25,26)14-8-12(21)7-13(22)9-14/h5-9,11,16,24H,10H2,1-4H3. The highest BCUT2D eigenvalue weighted by Crippen LogP contribution is 2.40. The molecule has 1 aliphatic rings. The molecule has 3 rings (SSSR count). The third-order valence-electron chi connectivity index (χ3n) is 4.60. The van der Waals surface area contributed by atoms with Crippen LogP contribution in [0.3, 0.4) is 0 Å². The molecule has 2 aromatic carbocycles. The first-order valence-corrected chi connectivity index (χ1v) is 11.3. The van der Waals surface area contributed by atoms with E-state index in [1.165, 1.54) is 32.4 Å². The Hall–Kier alpha value is -2.16. The van der Waals surface area contributed by atoms with E-state index in [2.05, 4.69) is 9.71 Å². The molecular weight excluding hydrogens is 451 g/mol. The molecule has 0 bridgehead atoms. The number of benzene rings is 2. The number of nitrogens with one attached hydrogen (secondary N) is 1. The Morgan fingerprint density at radius 2 is 1.80 bits per heavy atom. The van der Waals surface area contributed by atoms with E-state index < -0.39 is 10.0 Å². The number of hydrogen-bond acceptors (Lipinski definition) is 6. The smallest absolute Gasteiger partial charge is 0.262 e. The first-order chi connectivity index (χ1) is 14.2. The molecule has 1 aliphatic heterocycles. The lowest BCUT2D eigenvalue weighted by atomic mass is 10.1. The van der Waals surface area contributed by atoms with E-state index in [-0.39, 0.29) is 38.3 Å². The summed E-state index contributed by atoms with van der Waals surface area (Å²) in [5, 5.41) is 0.396. The number of anilines is 1. The monoisotopic (exact) mass is 472 g/mol. The quantitative estimate of drug-likeness (QED) is 0.635. The molecule has 0 spiro atoms. The van der Waals surface area contributed by atoms with E-state index in [1.54, 1.807) is 12.1 Å². The van der Waals surface area contributed by atoms with Crippen molar-refractivity contribution in [3.8, 4) is 11.5 Å². The number of aliphatic imine (C=N–C) groups is 1. The molecule has 0 aromatic heterocycles. The molecule has 0 saturated carbocycles. The second kappa shape index (κ2) is 8.91. The zero-order valence-corrected chi connectivity index (χ0v) is 19.2. The zero-order chi connectivity index (χ0) is 22.1. The summed E-state index contributed by atoms with van der Waals surface area (Å²) in [6.07, 6.45) is 0. The lowest BCUT2D eigenvalue weighted by Crippen LogP contribution is -2.17. The number of rotatable bonds is 7. The maximum Gasteiger partial charge on any atom is 0.262 e. The van der Waals surface area contributed by atoms with Crippen LogP contribution in [-0.4, -0.2) is 41.2 Å². The summed E-state index contributed by atoms with van der Waals surface area (Å²) in [4.78, 5) is 4.51. The first kappa shape index (κ1) is 22.5. The molecule has 0 saturated heterocycles. The Balaban J connectivity index is 2.13. The fraction of sp³-hybridized carbons (Fsp3) is 0.350. The second-order valence-corrected chi connectivity index (χ2v) is 9.55. The van der Waals surface area contributed by atoms with Gasteiger partial charge in [0, 0.05) is 10.0 Å². The van der Waals surface area contributed by atoms with Gasteiger partial charge in [0.05, 0.1) is 30.7 Å². The van der Waals surface area contributed by atoms with Crippen LogP contribution in [0, 0.1) is 5.92 Å². The molecule has 1 atom stereocenters. The number of hydrogen-bond donors (Lipinski definition) is 1. The van der Waals surface area contributed by atoms with E-state index in [9.17, 15) is 8.42 Å². The van der Waals surface area contributed by atoms with Gasteiger partial charge in [-0.05, 0) is 36.2 Å². The molecule has 0 fully saturated rings. The Morgan fingerprint density at radius 1 is 1.13 bits per heavy atom. The minimum absolute atomic E-state index is 0.0238. The highest BCUT2D eigenvalue weighted by atomic mass is 35.5. The summed E-state index contributed by atoms with van der Waals surface area (Å²) >= 11 is 12.0. The number of halogens is 2.